The van der Waals surface area contributed by atoms with Gasteiger partial charge in [0.05, 0.1) is 11.4 Å². The molecule has 0 fully saturated rings. The Kier molecular flexibility index (Phi) is 7.17. The van der Waals surface area contributed by atoms with E-state index >= 15 is 0 Å². The molecule has 0 bridgehead atoms. The van der Waals surface area contributed by atoms with Crippen molar-refractivity contribution in [3.05, 3.63) is 200 Å². The van der Waals surface area contributed by atoms with Crippen molar-refractivity contribution in [2.75, 3.05) is 4.90 Å². The van der Waals surface area contributed by atoms with E-state index in [1.807, 2.05) is 24.3 Å². The van der Waals surface area contributed by atoms with E-state index in [1.165, 1.54) is 27.5 Å². The maximum atomic E-state index is 6.68. The van der Waals surface area contributed by atoms with Crippen molar-refractivity contribution in [3.8, 4) is 33.4 Å². The summed E-state index contributed by atoms with van der Waals surface area (Å²) in [6, 6.07) is 70.9. The summed E-state index contributed by atoms with van der Waals surface area (Å²) in [4.78, 5) is 2.33. The molecule has 11 aromatic rings. The molecule has 55 heavy (non-hydrogen) atoms. The number of rotatable bonds is 6. The fraction of sp³-hybridized carbons (Fsp3) is 0. The zero-order valence-electron chi connectivity index (χ0n) is 29.8. The number of benzene rings is 9. The van der Waals surface area contributed by atoms with Gasteiger partial charge in [0, 0.05) is 38.4 Å². The van der Waals surface area contributed by atoms with Crippen molar-refractivity contribution >= 4 is 71.7 Å². The zero-order valence-corrected chi connectivity index (χ0v) is 29.8. The lowest BCUT2D eigenvalue weighted by atomic mass is 9.95. The predicted octanol–water partition coefficient (Wildman–Crippen LogP) is 15.1. The van der Waals surface area contributed by atoms with E-state index in [0.29, 0.717) is 0 Å². The SMILES string of the molecule is c1cc(-c2ccc(N(c3ccccc3-c3cccc4c3oc3ccccc34)c3cccc4c3oc3ccccc34)cc2)cc(-c2cccc3ccccc23)c1. The first kappa shape index (κ1) is 31.2. The van der Waals surface area contributed by atoms with Crippen molar-refractivity contribution in [3.63, 3.8) is 0 Å². The average molecular weight is 704 g/mol. The van der Waals surface area contributed by atoms with Crippen LogP contribution in [0.15, 0.2) is 209 Å². The topological polar surface area (TPSA) is 29.5 Å². The van der Waals surface area contributed by atoms with Crippen LogP contribution in [0.25, 0.3) is 88.0 Å². The van der Waals surface area contributed by atoms with Crippen LogP contribution < -0.4 is 4.90 Å². The summed E-state index contributed by atoms with van der Waals surface area (Å²) in [5.41, 5.74) is 13.3. The quantitative estimate of drug-likeness (QED) is 0.173. The number of nitrogens with zero attached hydrogens (tertiary/aromatic N) is 1. The highest BCUT2D eigenvalue weighted by Crippen LogP contribution is 2.47. The maximum absolute atomic E-state index is 6.68. The third-order valence-electron chi connectivity index (χ3n) is 10.9. The molecule has 0 atom stereocenters. The van der Waals surface area contributed by atoms with Gasteiger partial charge in [0.2, 0.25) is 0 Å². The first-order chi connectivity index (χ1) is 27.3. The Hall–Kier alpha value is -7.36. The van der Waals surface area contributed by atoms with Gasteiger partial charge in [-0.1, -0.05) is 158 Å². The van der Waals surface area contributed by atoms with E-state index in [0.717, 1.165) is 77.6 Å². The van der Waals surface area contributed by atoms with Gasteiger partial charge < -0.3 is 13.7 Å². The van der Waals surface area contributed by atoms with E-state index in [9.17, 15) is 0 Å². The van der Waals surface area contributed by atoms with Crippen molar-refractivity contribution < 1.29 is 8.83 Å². The Balaban J connectivity index is 1.09. The van der Waals surface area contributed by atoms with Gasteiger partial charge in [0.25, 0.3) is 0 Å². The van der Waals surface area contributed by atoms with Crippen LogP contribution in [0.4, 0.5) is 17.1 Å². The first-order valence-corrected chi connectivity index (χ1v) is 18.7. The highest BCUT2D eigenvalue weighted by molar-refractivity contribution is 6.13. The van der Waals surface area contributed by atoms with Crippen molar-refractivity contribution in [2.24, 2.45) is 0 Å². The lowest BCUT2D eigenvalue weighted by Gasteiger charge is -2.28. The number of hydrogen-bond donors (Lipinski definition) is 0. The normalized spacial score (nSPS) is 11.6. The van der Waals surface area contributed by atoms with Gasteiger partial charge in [-0.2, -0.15) is 0 Å². The van der Waals surface area contributed by atoms with Crippen LogP contribution in [0.5, 0.6) is 0 Å². The number of anilines is 3. The third kappa shape index (κ3) is 5.13. The smallest absolute Gasteiger partial charge is 0.159 e. The van der Waals surface area contributed by atoms with Crippen LogP contribution in [0.2, 0.25) is 0 Å². The molecule has 0 spiro atoms. The number of fused-ring (bicyclic) bond motifs is 7. The van der Waals surface area contributed by atoms with Gasteiger partial charge >= 0.3 is 0 Å². The highest BCUT2D eigenvalue weighted by Gasteiger charge is 2.23. The fourth-order valence-electron chi connectivity index (χ4n) is 8.32. The molecule has 9 aromatic carbocycles. The van der Waals surface area contributed by atoms with E-state index in [1.54, 1.807) is 0 Å². The zero-order chi connectivity index (χ0) is 36.3. The minimum Gasteiger partial charge on any atom is -0.455 e. The minimum absolute atomic E-state index is 0.840. The van der Waals surface area contributed by atoms with Crippen LogP contribution in [0, 0.1) is 0 Å². The summed E-state index contributed by atoms with van der Waals surface area (Å²) in [5.74, 6) is 0. The van der Waals surface area contributed by atoms with E-state index in [4.69, 9.17) is 8.83 Å². The molecule has 0 N–H and O–H groups in total. The minimum atomic E-state index is 0.840. The van der Waals surface area contributed by atoms with Crippen molar-refractivity contribution in [2.45, 2.75) is 0 Å². The Morgan fingerprint density at radius 1 is 0.309 bits per heavy atom. The molecule has 2 aromatic heterocycles. The Morgan fingerprint density at radius 3 is 1.65 bits per heavy atom. The maximum Gasteiger partial charge on any atom is 0.159 e. The molecule has 0 radical (unpaired) electrons. The molecule has 258 valence electrons. The summed E-state index contributed by atoms with van der Waals surface area (Å²) in [5, 5.41) is 6.89. The van der Waals surface area contributed by atoms with Gasteiger partial charge in [-0.25, -0.2) is 0 Å². The summed E-state index contributed by atoms with van der Waals surface area (Å²) < 4.78 is 13.3. The molecule has 0 saturated heterocycles. The molecule has 11 rings (SSSR count). The fourth-order valence-corrected chi connectivity index (χ4v) is 8.32. The van der Waals surface area contributed by atoms with Crippen LogP contribution in [0.3, 0.4) is 0 Å². The molecule has 2 heterocycles. The second-order valence-electron chi connectivity index (χ2n) is 14.0. The first-order valence-electron chi connectivity index (χ1n) is 18.7. The molecule has 0 unspecified atom stereocenters. The Labute approximate surface area is 317 Å². The lowest BCUT2D eigenvalue weighted by Crippen LogP contribution is -2.11. The summed E-state index contributed by atoms with van der Waals surface area (Å²) in [6.45, 7) is 0. The monoisotopic (exact) mass is 703 g/mol. The van der Waals surface area contributed by atoms with Crippen molar-refractivity contribution in [1.82, 2.24) is 0 Å². The molecular weight excluding hydrogens is 671 g/mol. The van der Waals surface area contributed by atoms with Gasteiger partial charge in [-0.3, -0.25) is 0 Å². The summed E-state index contributed by atoms with van der Waals surface area (Å²) in [7, 11) is 0. The van der Waals surface area contributed by atoms with Gasteiger partial charge in [0.15, 0.2) is 5.58 Å². The Morgan fingerprint density at radius 2 is 0.836 bits per heavy atom. The highest BCUT2D eigenvalue weighted by atomic mass is 16.3. The second kappa shape index (κ2) is 12.6. The molecule has 0 aliphatic carbocycles. The molecule has 0 saturated carbocycles. The summed E-state index contributed by atoms with van der Waals surface area (Å²) in [6.07, 6.45) is 0. The van der Waals surface area contributed by atoms with Crippen LogP contribution in [-0.4, -0.2) is 0 Å². The molecule has 0 amide bonds. The lowest BCUT2D eigenvalue weighted by molar-refractivity contribution is 0.669. The standard InChI is InChI=1S/C52H33NO2/c1-2-17-39-35(13-1)14-10-21-40(39)37-16-9-15-36(33-37)34-29-31-38(32-30-34)53(48-26-12-24-46-43-20-5-8-28-50(43)55-52(46)48)47-25-6-3-18-41(47)44-22-11-23-45-42-19-4-7-27-49(42)54-51(44)45/h1-33H. The van der Waals surface area contributed by atoms with E-state index in [2.05, 4.69) is 181 Å². The molecule has 3 nitrogen and oxygen atoms in total. The Bertz CT molecular complexity index is 3220. The predicted molar refractivity (Wildman–Crippen MR) is 229 cm³/mol. The van der Waals surface area contributed by atoms with Gasteiger partial charge in [-0.15, -0.1) is 0 Å². The summed E-state index contributed by atoms with van der Waals surface area (Å²) >= 11 is 0. The van der Waals surface area contributed by atoms with E-state index < -0.39 is 0 Å². The molecule has 3 heteroatoms. The number of hydrogen-bond acceptors (Lipinski definition) is 3. The molecule has 0 aliphatic rings. The molecule has 0 aliphatic heterocycles. The van der Waals surface area contributed by atoms with Crippen LogP contribution >= 0.6 is 0 Å². The molecular formula is C52H33NO2. The van der Waals surface area contributed by atoms with Crippen molar-refractivity contribution in [1.29, 1.82) is 0 Å². The third-order valence-corrected chi connectivity index (χ3v) is 10.9. The average Bonchev–Trinajstić information content (AvgIpc) is 3.83. The van der Waals surface area contributed by atoms with Gasteiger partial charge in [-0.05, 0) is 75.5 Å². The number of furan rings is 2. The van der Waals surface area contributed by atoms with E-state index in [-0.39, 0.29) is 0 Å². The van der Waals surface area contributed by atoms with Gasteiger partial charge in [0.1, 0.15) is 16.7 Å². The van der Waals surface area contributed by atoms with Crippen LogP contribution in [-0.2, 0) is 0 Å². The number of para-hydroxylation sites is 5. The largest absolute Gasteiger partial charge is 0.455 e. The van der Waals surface area contributed by atoms with Crippen LogP contribution in [0.1, 0.15) is 0 Å². The second-order valence-corrected chi connectivity index (χ2v) is 14.0.